The van der Waals surface area contributed by atoms with Crippen molar-refractivity contribution in [1.82, 2.24) is 0 Å². The first-order chi connectivity index (χ1) is 11.0. The van der Waals surface area contributed by atoms with E-state index in [0.717, 1.165) is 17.7 Å². The van der Waals surface area contributed by atoms with Gasteiger partial charge in [0.25, 0.3) is 5.91 Å². The summed E-state index contributed by atoms with van der Waals surface area (Å²) in [7, 11) is 0. The summed E-state index contributed by atoms with van der Waals surface area (Å²) in [5.74, 6) is 0.972. The van der Waals surface area contributed by atoms with Gasteiger partial charge < -0.3 is 10.1 Å². The van der Waals surface area contributed by atoms with Crippen LogP contribution in [0.1, 0.15) is 37.3 Å². The fraction of sp³-hybridized carbons (Fsp3) is 0.316. The van der Waals surface area contributed by atoms with Crippen LogP contribution >= 0.6 is 11.6 Å². The molecule has 0 saturated carbocycles. The molecule has 0 spiro atoms. The molecule has 0 aromatic heterocycles. The minimum absolute atomic E-state index is 0.0335. The SMILES string of the molecule is CC[C@@H](C)c1ccc(NC(=O)COc2ccc(Cl)c(C)c2)cc1. The van der Waals surface area contributed by atoms with E-state index in [1.807, 2.05) is 37.3 Å². The molecule has 4 heteroatoms. The Morgan fingerprint density at radius 2 is 1.91 bits per heavy atom. The zero-order valence-electron chi connectivity index (χ0n) is 13.7. The second kappa shape index (κ2) is 8.02. The average molecular weight is 332 g/mol. The van der Waals surface area contributed by atoms with Gasteiger partial charge in [0.15, 0.2) is 6.61 Å². The van der Waals surface area contributed by atoms with Gasteiger partial charge in [-0.2, -0.15) is 0 Å². The molecule has 23 heavy (non-hydrogen) atoms. The topological polar surface area (TPSA) is 38.3 Å². The zero-order valence-corrected chi connectivity index (χ0v) is 14.5. The highest BCUT2D eigenvalue weighted by molar-refractivity contribution is 6.31. The molecule has 0 fully saturated rings. The first kappa shape index (κ1) is 17.4. The Morgan fingerprint density at radius 3 is 2.52 bits per heavy atom. The maximum atomic E-state index is 12.0. The van der Waals surface area contributed by atoms with E-state index >= 15 is 0 Å². The van der Waals surface area contributed by atoms with E-state index < -0.39 is 0 Å². The summed E-state index contributed by atoms with van der Waals surface area (Å²) in [5, 5.41) is 3.52. The van der Waals surface area contributed by atoms with Crippen LogP contribution in [0.5, 0.6) is 5.75 Å². The molecule has 0 bridgehead atoms. The third-order valence-corrected chi connectivity index (χ3v) is 4.30. The third kappa shape index (κ3) is 5.00. The molecule has 0 heterocycles. The van der Waals surface area contributed by atoms with Crippen LogP contribution in [0, 0.1) is 6.92 Å². The van der Waals surface area contributed by atoms with E-state index in [-0.39, 0.29) is 12.5 Å². The van der Waals surface area contributed by atoms with Crippen LogP contribution in [0.15, 0.2) is 42.5 Å². The quantitative estimate of drug-likeness (QED) is 0.792. The molecule has 1 N–H and O–H groups in total. The van der Waals surface area contributed by atoms with Crippen molar-refractivity contribution in [2.24, 2.45) is 0 Å². The number of carbonyl (C=O) groups is 1. The number of ether oxygens (including phenoxy) is 1. The van der Waals surface area contributed by atoms with Crippen molar-refractivity contribution in [3.63, 3.8) is 0 Å². The van der Waals surface area contributed by atoms with E-state index in [9.17, 15) is 4.79 Å². The molecular weight excluding hydrogens is 310 g/mol. The molecule has 0 aliphatic rings. The number of nitrogens with one attached hydrogen (secondary N) is 1. The highest BCUT2D eigenvalue weighted by Crippen LogP contribution is 2.22. The highest BCUT2D eigenvalue weighted by Gasteiger charge is 2.06. The minimum Gasteiger partial charge on any atom is -0.484 e. The van der Waals surface area contributed by atoms with Crippen LogP contribution in [0.2, 0.25) is 5.02 Å². The van der Waals surface area contributed by atoms with Crippen molar-refractivity contribution in [3.8, 4) is 5.75 Å². The van der Waals surface area contributed by atoms with Gasteiger partial charge in [0.05, 0.1) is 0 Å². The normalized spacial score (nSPS) is 11.8. The predicted octanol–water partition coefficient (Wildman–Crippen LogP) is 5.18. The maximum absolute atomic E-state index is 12.0. The number of halogens is 1. The largest absolute Gasteiger partial charge is 0.484 e. The highest BCUT2D eigenvalue weighted by atomic mass is 35.5. The fourth-order valence-corrected chi connectivity index (χ4v) is 2.30. The number of anilines is 1. The van der Waals surface area contributed by atoms with E-state index in [0.29, 0.717) is 16.7 Å². The Labute approximate surface area is 142 Å². The molecular formula is C19H22ClNO2. The van der Waals surface area contributed by atoms with Gasteiger partial charge in [-0.1, -0.05) is 37.6 Å². The third-order valence-electron chi connectivity index (χ3n) is 3.88. The predicted molar refractivity (Wildman–Crippen MR) is 95.5 cm³/mol. The van der Waals surface area contributed by atoms with Gasteiger partial charge >= 0.3 is 0 Å². The number of hydrogen-bond donors (Lipinski definition) is 1. The van der Waals surface area contributed by atoms with Crippen molar-refractivity contribution in [3.05, 3.63) is 58.6 Å². The lowest BCUT2D eigenvalue weighted by Crippen LogP contribution is -2.20. The number of rotatable bonds is 6. The lowest BCUT2D eigenvalue weighted by Gasteiger charge is -2.11. The molecule has 2 aromatic rings. The molecule has 122 valence electrons. The molecule has 1 atom stereocenters. The zero-order chi connectivity index (χ0) is 16.8. The Morgan fingerprint density at radius 1 is 1.22 bits per heavy atom. The van der Waals surface area contributed by atoms with Gasteiger partial charge in [0.2, 0.25) is 0 Å². The van der Waals surface area contributed by atoms with Crippen LogP contribution in [-0.2, 0) is 4.79 Å². The molecule has 0 saturated heterocycles. The molecule has 0 unspecified atom stereocenters. The summed E-state index contributed by atoms with van der Waals surface area (Å²) in [6.45, 7) is 6.22. The van der Waals surface area contributed by atoms with E-state index in [1.54, 1.807) is 12.1 Å². The van der Waals surface area contributed by atoms with Crippen LogP contribution < -0.4 is 10.1 Å². The Bertz CT molecular complexity index is 668. The maximum Gasteiger partial charge on any atom is 0.262 e. The molecule has 2 rings (SSSR count). The summed E-state index contributed by atoms with van der Waals surface area (Å²) in [4.78, 5) is 12.0. The summed E-state index contributed by atoms with van der Waals surface area (Å²) >= 11 is 5.96. The van der Waals surface area contributed by atoms with Gasteiger partial charge in [-0.05, 0) is 60.7 Å². The smallest absolute Gasteiger partial charge is 0.262 e. The standard InChI is InChI=1S/C19H22ClNO2/c1-4-13(2)15-5-7-16(8-6-15)21-19(22)12-23-17-9-10-18(20)14(3)11-17/h5-11,13H,4,12H2,1-3H3,(H,21,22)/t13-/m1/s1. The van der Waals surface area contributed by atoms with Gasteiger partial charge in [-0.3, -0.25) is 4.79 Å². The van der Waals surface area contributed by atoms with Crippen molar-refractivity contribution in [1.29, 1.82) is 0 Å². The number of hydrogen-bond acceptors (Lipinski definition) is 2. The monoisotopic (exact) mass is 331 g/mol. The summed E-state index contributed by atoms with van der Waals surface area (Å²) < 4.78 is 5.48. The van der Waals surface area contributed by atoms with E-state index in [2.05, 4.69) is 19.2 Å². The fourth-order valence-electron chi connectivity index (χ4n) is 2.18. The lowest BCUT2D eigenvalue weighted by atomic mass is 9.99. The number of aryl methyl sites for hydroxylation is 1. The van der Waals surface area contributed by atoms with Crippen molar-refractivity contribution >= 4 is 23.2 Å². The van der Waals surface area contributed by atoms with Gasteiger partial charge in [0, 0.05) is 10.7 Å². The van der Waals surface area contributed by atoms with Gasteiger partial charge in [-0.15, -0.1) is 0 Å². The van der Waals surface area contributed by atoms with E-state index in [1.165, 1.54) is 5.56 Å². The average Bonchev–Trinajstić information content (AvgIpc) is 2.56. The number of carbonyl (C=O) groups excluding carboxylic acids is 1. The Hall–Kier alpha value is -2.00. The molecule has 2 aromatic carbocycles. The van der Waals surface area contributed by atoms with Crippen LogP contribution in [0.4, 0.5) is 5.69 Å². The first-order valence-corrected chi connectivity index (χ1v) is 8.16. The van der Waals surface area contributed by atoms with Crippen molar-refractivity contribution in [2.45, 2.75) is 33.1 Å². The summed E-state index contributed by atoms with van der Waals surface area (Å²) in [5.41, 5.74) is 2.97. The first-order valence-electron chi connectivity index (χ1n) is 7.78. The van der Waals surface area contributed by atoms with Gasteiger partial charge in [0.1, 0.15) is 5.75 Å². The number of benzene rings is 2. The summed E-state index contributed by atoms with van der Waals surface area (Å²) in [6, 6.07) is 13.3. The Balaban J connectivity index is 1.88. The van der Waals surface area contributed by atoms with Crippen LogP contribution in [0.25, 0.3) is 0 Å². The second-order valence-electron chi connectivity index (χ2n) is 5.68. The molecule has 1 amide bonds. The van der Waals surface area contributed by atoms with Crippen molar-refractivity contribution in [2.75, 3.05) is 11.9 Å². The lowest BCUT2D eigenvalue weighted by molar-refractivity contribution is -0.118. The Kier molecular flexibility index (Phi) is 6.05. The molecule has 0 aliphatic carbocycles. The van der Waals surface area contributed by atoms with Crippen LogP contribution in [-0.4, -0.2) is 12.5 Å². The molecule has 0 radical (unpaired) electrons. The van der Waals surface area contributed by atoms with Gasteiger partial charge in [-0.25, -0.2) is 0 Å². The van der Waals surface area contributed by atoms with E-state index in [4.69, 9.17) is 16.3 Å². The molecule has 3 nitrogen and oxygen atoms in total. The molecule has 0 aliphatic heterocycles. The van der Waals surface area contributed by atoms with Crippen molar-refractivity contribution < 1.29 is 9.53 Å². The number of amides is 1. The second-order valence-corrected chi connectivity index (χ2v) is 6.09. The minimum atomic E-state index is -0.186. The summed E-state index contributed by atoms with van der Waals surface area (Å²) in [6.07, 6.45) is 1.10. The van der Waals surface area contributed by atoms with Crippen LogP contribution in [0.3, 0.4) is 0 Å².